The molecular formula is C36H29Cl2F3N4O3. The van der Waals surface area contributed by atoms with Crippen LogP contribution in [-0.2, 0) is 4.79 Å². The van der Waals surface area contributed by atoms with Crippen molar-refractivity contribution in [1.82, 2.24) is 14.5 Å². The SMILES string of the molecule is C[C@H](N)c1cc2cccc(Cl)c2c(=O)n1-c1ccccc1.C[C@H](NC(=O)C(F)(F)F)c1cc2cccc(Cl)c2c(=O)n1-c1ccccc1. The molecule has 0 unspecified atom stereocenters. The second-order valence-corrected chi connectivity index (χ2v) is 11.8. The predicted octanol–water partition coefficient (Wildman–Crippen LogP) is 8.05. The summed E-state index contributed by atoms with van der Waals surface area (Å²) in [4.78, 5) is 37.4. The van der Waals surface area contributed by atoms with Crippen LogP contribution < -0.4 is 22.2 Å². The van der Waals surface area contributed by atoms with Crippen LogP contribution in [0.1, 0.15) is 37.3 Å². The molecule has 1 amide bonds. The molecule has 0 aliphatic rings. The molecule has 48 heavy (non-hydrogen) atoms. The Bertz CT molecular complexity index is 2240. The van der Waals surface area contributed by atoms with Crippen molar-refractivity contribution < 1.29 is 18.0 Å². The van der Waals surface area contributed by atoms with Gasteiger partial charge in [0.05, 0.1) is 26.9 Å². The summed E-state index contributed by atoms with van der Waals surface area (Å²) < 4.78 is 40.8. The van der Waals surface area contributed by atoms with Crippen LogP contribution in [0.4, 0.5) is 13.2 Å². The number of aromatic nitrogens is 2. The highest BCUT2D eigenvalue weighted by molar-refractivity contribution is 6.35. The molecule has 2 atom stereocenters. The Labute approximate surface area is 282 Å². The van der Waals surface area contributed by atoms with Crippen LogP contribution in [0.2, 0.25) is 10.0 Å². The molecule has 6 rings (SSSR count). The number of fused-ring (bicyclic) bond motifs is 2. The van der Waals surface area contributed by atoms with Crippen LogP contribution in [0.15, 0.2) is 119 Å². The summed E-state index contributed by atoms with van der Waals surface area (Å²) >= 11 is 12.4. The number of alkyl halides is 3. The summed E-state index contributed by atoms with van der Waals surface area (Å²) in [5, 5.41) is 4.65. The van der Waals surface area contributed by atoms with E-state index < -0.39 is 23.7 Å². The largest absolute Gasteiger partial charge is 0.471 e. The standard InChI is InChI=1S/C19H14ClF3N2O2.C17H15ClN2O/c1-11(24-18(27)19(21,22)23)15-10-12-6-5-9-14(20)16(12)17(26)25(15)13-7-3-2-4-8-13;1-11(19)15-10-12-6-5-9-14(18)16(12)17(21)20(15)13-7-3-2-4-8-13/h2-11H,1H3,(H,24,27);2-11H,19H2,1H3/t2*11-/m00/s1. The first kappa shape index (κ1) is 34.4. The number of nitrogens with two attached hydrogens (primary N) is 1. The molecule has 0 radical (unpaired) electrons. The number of carbonyl (C=O) groups excluding carboxylic acids is 1. The highest BCUT2D eigenvalue weighted by Gasteiger charge is 2.39. The van der Waals surface area contributed by atoms with Gasteiger partial charge in [0.2, 0.25) is 0 Å². The van der Waals surface area contributed by atoms with E-state index in [-0.39, 0.29) is 27.7 Å². The third-order valence-corrected chi connectivity index (χ3v) is 8.22. The molecule has 6 aromatic rings. The van der Waals surface area contributed by atoms with Gasteiger partial charge in [-0.2, -0.15) is 13.2 Å². The lowest BCUT2D eigenvalue weighted by molar-refractivity contribution is -0.174. The molecule has 12 heteroatoms. The number of amides is 1. The van der Waals surface area contributed by atoms with Gasteiger partial charge in [-0.1, -0.05) is 83.9 Å². The van der Waals surface area contributed by atoms with Gasteiger partial charge in [0.1, 0.15) is 0 Å². The van der Waals surface area contributed by atoms with Crippen molar-refractivity contribution in [3.05, 3.63) is 151 Å². The van der Waals surface area contributed by atoms with Crippen molar-refractivity contribution in [3.63, 3.8) is 0 Å². The highest BCUT2D eigenvalue weighted by Crippen LogP contribution is 2.27. The molecule has 2 heterocycles. The number of hydrogen-bond donors (Lipinski definition) is 2. The molecule has 4 aromatic carbocycles. The first-order chi connectivity index (χ1) is 22.8. The second kappa shape index (κ2) is 14.1. The van der Waals surface area contributed by atoms with E-state index in [0.29, 0.717) is 21.5 Å². The number of pyridine rings is 2. The number of nitrogens with one attached hydrogen (secondary N) is 1. The zero-order chi connectivity index (χ0) is 34.7. The molecule has 0 saturated heterocycles. The molecule has 0 bridgehead atoms. The summed E-state index contributed by atoms with van der Waals surface area (Å²) in [5.41, 5.74) is 7.65. The van der Waals surface area contributed by atoms with E-state index >= 15 is 0 Å². The first-order valence-corrected chi connectivity index (χ1v) is 15.5. The smallest absolute Gasteiger partial charge is 0.340 e. The maximum Gasteiger partial charge on any atom is 0.471 e. The maximum absolute atomic E-state index is 13.1. The average molecular weight is 694 g/mol. The minimum Gasteiger partial charge on any atom is -0.340 e. The fraction of sp³-hybridized carbons (Fsp3) is 0.139. The minimum atomic E-state index is -5.02. The van der Waals surface area contributed by atoms with Crippen molar-refractivity contribution in [1.29, 1.82) is 0 Å². The summed E-state index contributed by atoms with van der Waals surface area (Å²) in [5.74, 6) is -2.08. The lowest BCUT2D eigenvalue weighted by atomic mass is 10.1. The zero-order valence-electron chi connectivity index (χ0n) is 25.6. The number of benzene rings is 4. The van der Waals surface area contributed by atoms with E-state index in [0.717, 1.165) is 16.8 Å². The van der Waals surface area contributed by atoms with E-state index in [1.54, 1.807) is 65.2 Å². The van der Waals surface area contributed by atoms with Gasteiger partial charge in [-0.25, -0.2) is 0 Å². The average Bonchev–Trinajstić information content (AvgIpc) is 3.05. The minimum absolute atomic E-state index is 0.142. The number of nitrogens with zero attached hydrogens (tertiary/aromatic N) is 2. The lowest BCUT2D eigenvalue weighted by Gasteiger charge is -2.21. The van der Waals surface area contributed by atoms with Crippen LogP contribution >= 0.6 is 23.2 Å². The van der Waals surface area contributed by atoms with E-state index in [1.165, 1.54) is 11.5 Å². The van der Waals surface area contributed by atoms with Gasteiger partial charge in [0, 0.05) is 28.8 Å². The third-order valence-electron chi connectivity index (χ3n) is 7.59. The predicted molar refractivity (Wildman–Crippen MR) is 184 cm³/mol. The number of rotatable bonds is 5. The van der Waals surface area contributed by atoms with Crippen LogP contribution in [0.5, 0.6) is 0 Å². The number of hydrogen-bond acceptors (Lipinski definition) is 4. The number of halogens is 5. The van der Waals surface area contributed by atoms with Gasteiger partial charge in [-0.15, -0.1) is 0 Å². The van der Waals surface area contributed by atoms with E-state index in [2.05, 4.69) is 0 Å². The molecule has 7 nitrogen and oxygen atoms in total. The van der Waals surface area contributed by atoms with Crippen molar-refractivity contribution in [2.75, 3.05) is 0 Å². The van der Waals surface area contributed by atoms with Gasteiger partial charge in [-0.05, 0) is 73.2 Å². The van der Waals surface area contributed by atoms with Crippen LogP contribution in [0, 0.1) is 0 Å². The Morgan fingerprint density at radius 1 is 0.688 bits per heavy atom. The normalized spacial score (nSPS) is 12.7. The Morgan fingerprint density at radius 3 is 1.52 bits per heavy atom. The van der Waals surface area contributed by atoms with Gasteiger partial charge in [0.25, 0.3) is 11.1 Å². The van der Waals surface area contributed by atoms with Crippen LogP contribution in [0.3, 0.4) is 0 Å². The number of carbonyl (C=O) groups is 1. The molecule has 0 spiro atoms. The van der Waals surface area contributed by atoms with Crippen molar-refractivity contribution in [2.45, 2.75) is 32.1 Å². The zero-order valence-corrected chi connectivity index (χ0v) is 27.1. The van der Waals surface area contributed by atoms with E-state index in [4.69, 9.17) is 28.9 Å². The van der Waals surface area contributed by atoms with Gasteiger partial charge in [-0.3, -0.25) is 23.5 Å². The quantitative estimate of drug-likeness (QED) is 0.191. The Hall–Kier alpha value is -4.90. The van der Waals surface area contributed by atoms with Crippen LogP contribution in [-0.4, -0.2) is 21.2 Å². The Kier molecular flexibility index (Phi) is 10.1. The molecule has 0 fully saturated rings. The van der Waals surface area contributed by atoms with Crippen LogP contribution in [0.25, 0.3) is 32.9 Å². The molecular weight excluding hydrogens is 664 g/mol. The third kappa shape index (κ3) is 7.01. The molecule has 0 saturated carbocycles. The Morgan fingerprint density at radius 2 is 1.10 bits per heavy atom. The van der Waals surface area contributed by atoms with Crippen molar-refractivity contribution in [3.8, 4) is 11.4 Å². The summed E-state index contributed by atoms with van der Waals surface area (Å²) in [6.45, 7) is 3.25. The molecule has 0 aliphatic carbocycles. The highest BCUT2D eigenvalue weighted by atomic mass is 35.5. The fourth-order valence-corrected chi connectivity index (χ4v) is 5.90. The maximum atomic E-state index is 13.1. The molecule has 246 valence electrons. The summed E-state index contributed by atoms with van der Waals surface area (Å²) in [6, 6.07) is 30.3. The van der Waals surface area contributed by atoms with E-state index in [9.17, 15) is 27.6 Å². The molecule has 0 aliphatic heterocycles. The lowest BCUT2D eigenvalue weighted by Crippen LogP contribution is -2.39. The second-order valence-electron chi connectivity index (χ2n) is 11.0. The monoisotopic (exact) mass is 692 g/mol. The number of para-hydroxylation sites is 2. The van der Waals surface area contributed by atoms with Gasteiger partial charge >= 0.3 is 12.1 Å². The first-order valence-electron chi connectivity index (χ1n) is 14.7. The topological polar surface area (TPSA) is 99.1 Å². The van der Waals surface area contributed by atoms with E-state index in [1.807, 2.05) is 60.8 Å². The van der Waals surface area contributed by atoms with Crippen molar-refractivity contribution >= 4 is 50.7 Å². The summed E-state index contributed by atoms with van der Waals surface area (Å²) in [7, 11) is 0. The summed E-state index contributed by atoms with van der Waals surface area (Å²) in [6.07, 6.45) is -5.02. The molecule has 2 aromatic heterocycles. The fourth-order valence-electron chi connectivity index (χ4n) is 5.37. The molecule has 3 N–H and O–H groups in total. The van der Waals surface area contributed by atoms with Gasteiger partial charge < -0.3 is 11.1 Å². The Balaban J connectivity index is 0.000000194. The van der Waals surface area contributed by atoms with Gasteiger partial charge in [0.15, 0.2) is 0 Å². The van der Waals surface area contributed by atoms with Crippen molar-refractivity contribution in [2.24, 2.45) is 5.73 Å².